The Morgan fingerprint density at radius 2 is 2.05 bits per heavy atom. The van der Waals surface area contributed by atoms with E-state index < -0.39 is 5.82 Å². The zero-order valence-electron chi connectivity index (χ0n) is 11.2. The van der Waals surface area contributed by atoms with Crippen LogP contribution in [0.15, 0.2) is 40.9 Å². The maximum absolute atomic E-state index is 13.2. The van der Waals surface area contributed by atoms with Crippen LogP contribution in [-0.4, -0.2) is 17.9 Å². The number of benzene rings is 2. The summed E-state index contributed by atoms with van der Waals surface area (Å²) in [6.07, 6.45) is 0. The van der Waals surface area contributed by atoms with Gasteiger partial charge in [-0.1, -0.05) is 11.6 Å². The van der Waals surface area contributed by atoms with E-state index in [0.717, 1.165) is 5.56 Å². The first-order chi connectivity index (χ1) is 9.88. The van der Waals surface area contributed by atoms with Crippen LogP contribution >= 0.6 is 27.5 Å². The summed E-state index contributed by atoms with van der Waals surface area (Å²) in [5.41, 5.74) is 7.45. The van der Waals surface area contributed by atoms with E-state index in [1.54, 1.807) is 25.2 Å². The Balaban J connectivity index is 2.19. The number of carbonyl (C=O) groups excluding carboxylic acids is 1. The normalized spacial score (nSPS) is 10.5. The lowest BCUT2D eigenvalue weighted by Crippen LogP contribution is -2.26. The number of rotatable bonds is 3. The quantitative estimate of drug-likeness (QED) is 0.826. The third kappa shape index (κ3) is 3.74. The van der Waals surface area contributed by atoms with Gasteiger partial charge in [0.05, 0.1) is 4.47 Å². The van der Waals surface area contributed by atoms with Gasteiger partial charge in [-0.3, -0.25) is 4.79 Å². The molecule has 2 rings (SSSR count). The van der Waals surface area contributed by atoms with Gasteiger partial charge in [0.15, 0.2) is 0 Å². The van der Waals surface area contributed by atoms with Crippen molar-refractivity contribution in [2.24, 2.45) is 0 Å². The average molecular weight is 372 g/mol. The number of hydrogen-bond donors (Lipinski definition) is 1. The van der Waals surface area contributed by atoms with Gasteiger partial charge in [-0.25, -0.2) is 4.39 Å². The molecule has 0 unspecified atom stereocenters. The molecule has 3 nitrogen and oxygen atoms in total. The molecular formula is C15H13BrClFN2O. The molecule has 2 aromatic rings. The van der Waals surface area contributed by atoms with E-state index in [2.05, 4.69) is 15.9 Å². The van der Waals surface area contributed by atoms with Gasteiger partial charge < -0.3 is 10.6 Å². The Kier molecular flexibility index (Phi) is 4.85. The molecule has 1 amide bonds. The van der Waals surface area contributed by atoms with Crippen molar-refractivity contribution in [3.63, 3.8) is 0 Å². The summed E-state index contributed by atoms with van der Waals surface area (Å²) in [6, 6.07) is 9.27. The van der Waals surface area contributed by atoms with E-state index in [9.17, 15) is 9.18 Å². The molecule has 0 radical (unpaired) electrons. The summed E-state index contributed by atoms with van der Waals surface area (Å²) in [5, 5.41) is 0.545. The van der Waals surface area contributed by atoms with Gasteiger partial charge in [-0.05, 0) is 57.9 Å². The summed E-state index contributed by atoms with van der Waals surface area (Å²) in [7, 11) is 1.65. The molecule has 6 heteroatoms. The Morgan fingerprint density at radius 3 is 2.71 bits per heavy atom. The number of nitrogens with two attached hydrogens (primary N) is 1. The first-order valence-electron chi connectivity index (χ1n) is 6.13. The number of amides is 1. The van der Waals surface area contributed by atoms with Crippen molar-refractivity contribution < 1.29 is 9.18 Å². The average Bonchev–Trinajstić information content (AvgIpc) is 2.45. The van der Waals surface area contributed by atoms with Crippen molar-refractivity contribution in [3.05, 3.63) is 62.8 Å². The molecule has 2 aromatic carbocycles. The smallest absolute Gasteiger partial charge is 0.253 e. The van der Waals surface area contributed by atoms with Crippen LogP contribution in [0.4, 0.5) is 10.1 Å². The lowest BCUT2D eigenvalue weighted by molar-refractivity contribution is 0.0785. The van der Waals surface area contributed by atoms with Crippen molar-refractivity contribution in [1.29, 1.82) is 0 Å². The molecule has 0 fully saturated rings. The van der Waals surface area contributed by atoms with Crippen molar-refractivity contribution in [2.45, 2.75) is 6.54 Å². The second-order valence-electron chi connectivity index (χ2n) is 4.64. The van der Waals surface area contributed by atoms with Crippen molar-refractivity contribution >= 4 is 39.1 Å². The first kappa shape index (κ1) is 15.8. The van der Waals surface area contributed by atoms with Gasteiger partial charge >= 0.3 is 0 Å². The zero-order chi connectivity index (χ0) is 15.6. The van der Waals surface area contributed by atoms with Crippen molar-refractivity contribution in [2.75, 3.05) is 12.8 Å². The largest absolute Gasteiger partial charge is 0.399 e. The van der Waals surface area contributed by atoms with E-state index in [0.29, 0.717) is 22.8 Å². The van der Waals surface area contributed by atoms with Crippen LogP contribution in [-0.2, 0) is 6.54 Å². The fraction of sp³-hybridized carbons (Fsp3) is 0.133. The van der Waals surface area contributed by atoms with E-state index in [1.807, 2.05) is 0 Å². The van der Waals surface area contributed by atoms with Gasteiger partial charge in [0.2, 0.25) is 0 Å². The van der Waals surface area contributed by atoms with Gasteiger partial charge in [0.25, 0.3) is 5.91 Å². The SMILES string of the molecule is CN(Cc1cc(N)ccc1Cl)C(=O)c1ccc(F)c(Br)c1. The molecule has 0 saturated heterocycles. The summed E-state index contributed by atoms with van der Waals surface area (Å²) < 4.78 is 13.5. The molecular weight excluding hydrogens is 359 g/mol. The second-order valence-corrected chi connectivity index (χ2v) is 5.90. The summed E-state index contributed by atoms with van der Waals surface area (Å²) in [5.74, 6) is -0.637. The molecule has 2 N–H and O–H groups in total. The molecule has 0 aliphatic rings. The number of hydrogen-bond acceptors (Lipinski definition) is 2. The minimum Gasteiger partial charge on any atom is -0.399 e. The van der Waals surface area contributed by atoms with Crippen LogP contribution in [0.2, 0.25) is 5.02 Å². The predicted octanol–water partition coefficient (Wildman–Crippen LogP) is 4.10. The van der Waals surface area contributed by atoms with Gasteiger partial charge in [-0.2, -0.15) is 0 Å². The fourth-order valence-electron chi connectivity index (χ4n) is 1.89. The van der Waals surface area contributed by atoms with Gasteiger partial charge in [-0.15, -0.1) is 0 Å². The number of nitrogens with zero attached hydrogens (tertiary/aromatic N) is 1. The molecule has 0 aromatic heterocycles. The molecule has 0 spiro atoms. The van der Waals surface area contributed by atoms with Crippen LogP contribution < -0.4 is 5.73 Å². The molecule has 21 heavy (non-hydrogen) atoms. The van der Waals surface area contributed by atoms with Gasteiger partial charge in [0, 0.05) is 29.9 Å². The van der Waals surface area contributed by atoms with Crippen LogP contribution in [0.5, 0.6) is 0 Å². The monoisotopic (exact) mass is 370 g/mol. The Bertz CT molecular complexity index is 693. The van der Waals surface area contributed by atoms with Crippen molar-refractivity contribution in [1.82, 2.24) is 4.90 Å². The predicted molar refractivity (Wildman–Crippen MR) is 85.8 cm³/mol. The molecule has 0 bridgehead atoms. The van der Waals surface area contributed by atoms with Crippen molar-refractivity contribution in [3.8, 4) is 0 Å². The Hall–Kier alpha value is -1.59. The Morgan fingerprint density at radius 1 is 1.33 bits per heavy atom. The highest BCUT2D eigenvalue weighted by atomic mass is 79.9. The first-order valence-corrected chi connectivity index (χ1v) is 7.30. The number of nitrogen functional groups attached to an aromatic ring is 1. The highest BCUT2D eigenvalue weighted by Crippen LogP contribution is 2.22. The Labute approximate surface area is 135 Å². The van der Waals surface area contributed by atoms with Crippen LogP contribution in [0.3, 0.4) is 0 Å². The fourth-order valence-corrected chi connectivity index (χ4v) is 2.45. The summed E-state index contributed by atoms with van der Waals surface area (Å²) in [6.45, 7) is 0.317. The highest BCUT2D eigenvalue weighted by Gasteiger charge is 2.15. The number of anilines is 1. The standard InChI is InChI=1S/C15H13BrClFN2O/c1-20(8-10-6-11(19)3-4-13(10)17)15(21)9-2-5-14(18)12(16)7-9/h2-7H,8,19H2,1H3. The molecule has 0 atom stereocenters. The molecule has 0 aliphatic heterocycles. The zero-order valence-corrected chi connectivity index (χ0v) is 13.6. The number of carbonyl (C=O) groups is 1. The van der Waals surface area contributed by atoms with E-state index >= 15 is 0 Å². The third-order valence-electron chi connectivity index (χ3n) is 2.99. The lowest BCUT2D eigenvalue weighted by Gasteiger charge is -2.18. The minimum atomic E-state index is -0.409. The van der Waals surface area contributed by atoms with E-state index in [-0.39, 0.29) is 10.4 Å². The molecule has 0 heterocycles. The van der Waals surface area contributed by atoms with Gasteiger partial charge in [0.1, 0.15) is 5.82 Å². The molecule has 110 valence electrons. The number of halogens is 3. The molecule has 0 aliphatic carbocycles. The maximum Gasteiger partial charge on any atom is 0.253 e. The van der Waals surface area contributed by atoms with Crippen LogP contribution in [0.1, 0.15) is 15.9 Å². The van der Waals surface area contributed by atoms with E-state index in [1.165, 1.54) is 23.1 Å². The van der Waals surface area contributed by atoms with Crippen LogP contribution in [0, 0.1) is 5.82 Å². The van der Waals surface area contributed by atoms with Crippen LogP contribution in [0.25, 0.3) is 0 Å². The topological polar surface area (TPSA) is 46.3 Å². The lowest BCUT2D eigenvalue weighted by atomic mass is 10.1. The third-order valence-corrected chi connectivity index (χ3v) is 3.97. The second kappa shape index (κ2) is 6.45. The highest BCUT2D eigenvalue weighted by molar-refractivity contribution is 9.10. The summed E-state index contributed by atoms with van der Waals surface area (Å²) >= 11 is 9.15. The maximum atomic E-state index is 13.2. The minimum absolute atomic E-state index is 0.228. The summed E-state index contributed by atoms with van der Waals surface area (Å²) in [4.78, 5) is 13.8. The van der Waals surface area contributed by atoms with E-state index in [4.69, 9.17) is 17.3 Å². The molecule has 0 saturated carbocycles.